The average Bonchev–Trinajstić information content (AvgIpc) is 2.80. The molecule has 3 heterocycles. The van der Waals surface area contributed by atoms with Crippen LogP contribution in [0.25, 0.3) is 0 Å². The Morgan fingerprint density at radius 2 is 1.97 bits per heavy atom. The van der Waals surface area contributed by atoms with Crippen molar-refractivity contribution in [1.82, 2.24) is 9.88 Å². The fraction of sp³-hybridized carbons (Fsp3) is 0.480. The topological polar surface area (TPSA) is 89.6 Å². The zero-order valence-electron chi connectivity index (χ0n) is 19.7. The van der Waals surface area contributed by atoms with Gasteiger partial charge in [0, 0.05) is 51.1 Å². The van der Waals surface area contributed by atoms with Crippen LogP contribution in [0, 0.1) is 11.8 Å². The highest BCUT2D eigenvalue weighted by molar-refractivity contribution is 8.00. The summed E-state index contributed by atoms with van der Waals surface area (Å²) in [6.45, 7) is 6.53. The number of rotatable bonds is 6. The second-order valence-corrected chi connectivity index (χ2v) is 9.52. The van der Waals surface area contributed by atoms with Crippen LogP contribution < -0.4 is 14.4 Å². The molecule has 2 unspecified atom stereocenters. The van der Waals surface area contributed by atoms with Crippen molar-refractivity contribution in [3.63, 3.8) is 0 Å². The number of halogens is 1. The maximum Gasteiger partial charge on any atom is 0.218 e. The highest BCUT2D eigenvalue weighted by Gasteiger charge is 2.38. The molecule has 0 saturated carbocycles. The number of thioether (sulfide) groups is 1. The minimum absolute atomic E-state index is 0. The molecule has 1 aromatic heterocycles. The van der Waals surface area contributed by atoms with Gasteiger partial charge in [0.1, 0.15) is 5.82 Å². The number of aliphatic hydroxyl groups excluding tert-OH is 1. The molecule has 4 rings (SSSR count). The SMILES string of the molecule is CC#CC1(Oc2cc(CN3CCN(c4ccccn4)CC3)ccc2OC)CC(O)CCS1.Cl.O. The lowest BCUT2D eigenvalue weighted by molar-refractivity contribution is 0.0922. The molecule has 1 aromatic carbocycles. The van der Waals surface area contributed by atoms with Gasteiger partial charge >= 0.3 is 0 Å². The lowest BCUT2D eigenvalue weighted by Gasteiger charge is -2.36. The van der Waals surface area contributed by atoms with Gasteiger partial charge in [0.05, 0.1) is 13.2 Å². The van der Waals surface area contributed by atoms with Crippen molar-refractivity contribution in [3.8, 4) is 23.3 Å². The molecule has 0 spiro atoms. The smallest absolute Gasteiger partial charge is 0.218 e. The maximum absolute atomic E-state index is 10.2. The summed E-state index contributed by atoms with van der Waals surface area (Å²) >= 11 is 1.66. The number of aromatic nitrogens is 1. The molecule has 2 aromatic rings. The fourth-order valence-corrected chi connectivity index (χ4v) is 5.57. The molecule has 2 atom stereocenters. The number of anilines is 1. The monoisotopic (exact) mass is 507 g/mol. The van der Waals surface area contributed by atoms with E-state index in [9.17, 15) is 5.11 Å². The molecule has 0 radical (unpaired) electrons. The third kappa shape index (κ3) is 6.94. The number of methoxy groups -OCH3 is 1. The summed E-state index contributed by atoms with van der Waals surface area (Å²) in [6.07, 6.45) is 2.70. The number of benzene rings is 1. The molecule has 3 N–H and O–H groups in total. The van der Waals surface area contributed by atoms with Crippen molar-refractivity contribution in [1.29, 1.82) is 0 Å². The first-order valence-corrected chi connectivity index (χ1v) is 12.1. The van der Waals surface area contributed by atoms with Crippen LogP contribution in [0.3, 0.4) is 0 Å². The zero-order chi connectivity index (χ0) is 22.4. The number of aliphatic hydroxyl groups is 1. The Morgan fingerprint density at radius 1 is 1.18 bits per heavy atom. The van der Waals surface area contributed by atoms with Gasteiger partial charge in [0.25, 0.3) is 0 Å². The summed E-state index contributed by atoms with van der Waals surface area (Å²) < 4.78 is 12.0. The minimum Gasteiger partial charge on any atom is -0.493 e. The van der Waals surface area contributed by atoms with Crippen LogP contribution in [-0.2, 0) is 6.54 Å². The quantitative estimate of drug-likeness (QED) is 0.601. The first kappa shape index (κ1) is 28.1. The Bertz CT molecular complexity index is 964. The van der Waals surface area contributed by atoms with E-state index in [1.807, 2.05) is 31.3 Å². The van der Waals surface area contributed by atoms with Gasteiger partial charge < -0.3 is 25.0 Å². The Hall–Kier alpha value is -2.15. The van der Waals surface area contributed by atoms with Crippen molar-refractivity contribution in [2.24, 2.45) is 0 Å². The van der Waals surface area contributed by atoms with Crippen LogP contribution in [0.5, 0.6) is 11.5 Å². The first-order valence-electron chi connectivity index (χ1n) is 11.1. The third-order valence-corrected chi connectivity index (χ3v) is 7.12. The highest BCUT2D eigenvalue weighted by atomic mass is 35.5. The van der Waals surface area contributed by atoms with Crippen LogP contribution in [0.2, 0.25) is 0 Å². The molecular weight excluding hydrogens is 474 g/mol. The minimum atomic E-state index is -0.743. The number of hydrogen-bond acceptors (Lipinski definition) is 7. The number of pyridine rings is 1. The van der Waals surface area contributed by atoms with E-state index < -0.39 is 11.0 Å². The Kier molecular flexibility index (Phi) is 10.8. The lowest BCUT2D eigenvalue weighted by atomic mass is 10.1. The molecule has 34 heavy (non-hydrogen) atoms. The van der Waals surface area contributed by atoms with Gasteiger partial charge in [-0.15, -0.1) is 30.1 Å². The second-order valence-electron chi connectivity index (χ2n) is 8.16. The van der Waals surface area contributed by atoms with Gasteiger partial charge in [-0.2, -0.15) is 0 Å². The van der Waals surface area contributed by atoms with E-state index >= 15 is 0 Å². The number of ether oxygens (including phenoxy) is 2. The number of nitrogens with zero attached hydrogens (tertiary/aromatic N) is 3. The van der Waals surface area contributed by atoms with Crippen molar-refractivity contribution >= 4 is 30.0 Å². The van der Waals surface area contributed by atoms with Crippen LogP contribution in [0.4, 0.5) is 5.82 Å². The van der Waals surface area contributed by atoms with Gasteiger partial charge in [0.15, 0.2) is 11.5 Å². The van der Waals surface area contributed by atoms with Gasteiger partial charge in [-0.05, 0) is 49.1 Å². The molecule has 2 saturated heterocycles. The molecule has 0 amide bonds. The standard InChI is InChI=1S/C25H31N3O3S.ClH.H2O/c1-3-10-25(18-21(29)9-16-32-25)31-23-17-20(7-8-22(23)30-2)19-27-12-14-28(15-13-27)24-6-4-5-11-26-24;;/h4-8,11,17,21,29H,9,12-16,18-19H2,1-2H3;1H;1H2. The van der Waals surface area contributed by atoms with E-state index in [0.29, 0.717) is 17.9 Å². The third-order valence-electron chi connectivity index (χ3n) is 5.86. The van der Waals surface area contributed by atoms with E-state index in [1.165, 1.54) is 5.56 Å². The molecule has 0 bridgehead atoms. The van der Waals surface area contributed by atoms with E-state index in [2.05, 4.69) is 44.8 Å². The molecule has 9 heteroatoms. The summed E-state index contributed by atoms with van der Waals surface area (Å²) in [7, 11) is 1.65. The zero-order valence-corrected chi connectivity index (χ0v) is 21.3. The van der Waals surface area contributed by atoms with Gasteiger partial charge in [-0.3, -0.25) is 4.90 Å². The molecule has 2 aliphatic rings. The lowest BCUT2D eigenvalue weighted by Crippen LogP contribution is -2.46. The summed E-state index contributed by atoms with van der Waals surface area (Å²) in [5, 5.41) is 10.2. The van der Waals surface area contributed by atoms with E-state index in [0.717, 1.165) is 50.7 Å². The predicted octanol–water partition coefficient (Wildman–Crippen LogP) is 3.00. The Balaban J connectivity index is 0.00000204. The van der Waals surface area contributed by atoms with Gasteiger partial charge in [-0.1, -0.05) is 12.1 Å². The summed E-state index contributed by atoms with van der Waals surface area (Å²) in [4.78, 5) is 8.51. The summed E-state index contributed by atoms with van der Waals surface area (Å²) in [5.41, 5.74) is 1.17. The predicted molar refractivity (Wildman–Crippen MR) is 140 cm³/mol. The van der Waals surface area contributed by atoms with E-state index in [4.69, 9.17) is 9.47 Å². The molecule has 7 nitrogen and oxygen atoms in total. The molecular formula is C25H34ClN3O4S. The van der Waals surface area contributed by atoms with E-state index in [-0.39, 0.29) is 17.9 Å². The van der Waals surface area contributed by atoms with Crippen LogP contribution in [0.15, 0.2) is 42.6 Å². The van der Waals surface area contributed by atoms with Crippen molar-refractivity contribution in [2.45, 2.75) is 37.3 Å². The largest absolute Gasteiger partial charge is 0.493 e. The molecule has 2 fully saturated rings. The number of hydrogen-bond donors (Lipinski definition) is 1. The second kappa shape index (κ2) is 13.1. The van der Waals surface area contributed by atoms with Gasteiger partial charge in [0.2, 0.25) is 4.93 Å². The molecule has 0 aliphatic carbocycles. The van der Waals surface area contributed by atoms with Crippen LogP contribution >= 0.6 is 24.2 Å². The van der Waals surface area contributed by atoms with Crippen molar-refractivity contribution < 1.29 is 20.1 Å². The summed E-state index contributed by atoms with van der Waals surface area (Å²) in [5.74, 6) is 9.42. The normalized spacial score (nSPS) is 22.4. The van der Waals surface area contributed by atoms with Crippen molar-refractivity contribution in [3.05, 3.63) is 48.2 Å². The van der Waals surface area contributed by atoms with Crippen LogP contribution in [0.1, 0.15) is 25.3 Å². The Morgan fingerprint density at radius 3 is 2.62 bits per heavy atom. The van der Waals surface area contributed by atoms with E-state index in [1.54, 1.807) is 18.9 Å². The molecule has 186 valence electrons. The van der Waals surface area contributed by atoms with Crippen LogP contribution in [-0.4, -0.2) is 70.5 Å². The molecule has 2 aliphatic heterocycles. The summed E-state index contributed by atoms with van der Waals surface area (Å²) in [6, 6.07) is 12.2. The number of piperazine rings is 1. The first-order chi connectivity index (χ1) is 15.6. The highest BCUT2D eigenvalue weighted by Crippen LogP contribution is 2.41. The fourth-order valence-electron chi connectivity index (χ4n) is 4.22. The van der Waals surface area contributed by atoms with Gasteiger partial charge in [-0.25, -0.2) is 4.98 Å². The van der Waals surface area contributed by atoms with Crippen molar-refractivity contribution in [2.75, 3.05) is 43.9 Å². The average molecular weight is 508 g/mol. The maximum atomic E-state index is 10.2. The Labute approximate surface area is 212 Å².